The van der Waals surface area contributed by atoms with Gasteiger partial charge in [-0.25, -0.2) is 29.9 Å². The highest BCUT2D eigenvalue weighted by Gasteiger charge is 2.40. The minimum atomic E-state index is -1.96. The number of nitrogens with zero attached hydrogens (tertiary/aromatic N) is 8. The van der Waals surface area contributed by atoms with E-state index in [0.29, 0.717) is 11.6 Å². The van der Waals surface area contributed by atoms with Crippen molar-refractivity contribution in [2.75, 3.05) is 9.80 Å². The molecule has 2 aliphatic heterocycles. The molecule has 4 heterocycles. The van der Waals surface area contributed by atoms with Gasteiger partial charge in [0.1, 0.15) is 41.5 Å². The lowest BCUT2D eigenvalue weighted by atomic mass is 9.93. The van der Waals surface area contributed by atoms with Gasteiger partial charge in [-0.05, 0) is 80.4 Å². The van der Waals surface area contributed by atoms with Gasteiger partial charge in [0.25, 0.3) is 0 Å². The van der Waals surface area contributed by atoms with E-state index in [9.17, 15) is 0 Å². The van der Waals surface area contributed by atoms with E-state index in [1.807, 2.05) is 0 Å². The fourth-order valence-corrected chi connectivity index (χ4v) is 14.8. The topological polar surface area (TPSA) is 83.8 Å². The van der Waals surface area contributed by atoms with Crippen LogP contribution in [0.3, 0.4) is 0 Å². The molecule has 10 rings (SSSR count). The van der Waals surface area contributed by atoms with Gasteiger partial charge in [-0.15, -0.1) is 0 Å². The van der Waals surface area contributed by atoms with Crippen LogP contribution in [0, 0.1) is 0 Å². The second-order valence-electron chi connectivity index (χ2n) is 15.4. The summed E-state index contributed by atoms with van der Waals surface area (Å²) >= 11 is 0. The molecule has 2 aliphatic rings. The van der Waals surface area contributed by atoms with Crippen LogP contribution in [0.4, 0.5) is 34.1 Å². The van der Waals surface area contributed by atoms with Crippen molar-refractivity contribution in [1.29, 1.82) is 0 Å². The van der Waals surface area contributed by atoms with Crippen LogP contribution in [0.25, 0.3) is 33.9 Å². The van der Waals surface area contributed by atoms with Crippen LogP contribution in [0.1, 0.15) is 0 Å². The molecule has 0 saturated carbocycles. The van der Waals surface area contributed by atoms with Crippen molar-refractivity contribution in [2.24, 2.45) is 0 Å². The standard InChI is InChI=1S/C46H38N8Si2/c1-55(2)41-17-9-5-13-37(41)53(38-14-6-10-18-42(38)55)31-21-23-33(35(25-31)45-49-27-47-28-50-45)34-24-22-32(26-36(34)46-51-29-48-30-52-46)54-39-15-7-11-19-43(39)56(3,4)44-20-12-8-16-40(44)54/h5-30H,1-4H3. The molecule has 10 heteroatoms. The minimum Gasteiger partial charge on any atom is -0.311 e. The van der Waals surface area contributed by atoms with Gasteiger partial charge < -0.3 is 9.80 Å². The van der Waals surface area contributed by atoms with Gasteiger partial charge >= 0.3 is 0 Å². The molecule has 0 fully saturated rings. The number of benzene rings is 6. The Hall–Kier alpha value is -6.63. The van der Waals surface area contributed by atoms with E-state index in [-0.39, 0.29) is 0 Å². The number of rotatable bonds is 5. The molecule has 0 unspecified atom stereocenters. The summed E-state index contributed by atoms with van der Waals surface area (Å²) in [4.78, 5) is 32.0. The highest BCUT2D eigenvalue weighted by molar-refractivity contribution is 7.03. The smallest absolute Gasteiger partial charge is 0.163 e. The van der Waals surface area contributed by atoms with Crippen LogP contribution in [0.15, 0.2) is 159 Å². The zero-order chi connectivity index (χ0) is 38.0. The lowest BCUT2D eigenvalue weighted by Gasteiger charge is -2.41. The zero-order valence-corrected chi connectivity index (χ0v) is 33.6. The number of para-hydroxylation sites is 4. The Balaban J connectivity index is 1.19. The average molecular weight is 759 g/mol. The lowest BCUT2D eigenvalue weighted by Crippen LogP contribution is -2.58. The van der Waals surface area contributed by atoms with Gasteiger partial charge in [-0.3, -0.25) is 0 Å². The molecule has 0 N–H and O–H groups in total. The van der Waals surface area contributed by atoms with Crippen molar-refractivity contribution >= 4 is 71.0 Å². The predicted molar refractivity (Wildman–Crippen MR) is 232 cm³/mol. The van der Waals surface area contributed by atoms with Crippen LogP contribution in [-0.4, -0.2) is 46.1 Å². The molecule has 0 bridgehead atoms. The van der Waals surface area contributed by atoms with Crippen LogP contribution in [0.5, 0.6) is 0 Å². The van der Waals surface area contributed by atoms with Gasteiger partial charge in [0.05, 0.1) is 0 Å². The van der Waals surface area contributed by atoms with Gasteiger partial charge in [0.15, 0.2) is 11.6 Å². The molecule has 0 saturated heterocycles. The number of hydrogen-bond donors (Lipinski definition) is 0. The van der Waals surface area contributed by atoms with Gasteiger partial charge in [-0.2, -0.15) is 0 Å². The quantitative estimate of drug-likeness (QED) is 0.162. The fourth-order valence-electron chi connectivity index (χ4n) is 8.83. The molecule has 0 radical (unpaired) electrons. The first-order valence-electron chi connectivity index (χ1n) is 18.8. The Morgan fingerprint density at radius 1 is 0.357 bits per heavy atom. The number of hydrogen-bond acceptors (Lipinski definition) is 8. The van der Waals surface area contributed by atoms with Crippen molar-refractivity contribution in [3.63, 3.8) is 0 Å². The van der Waals surface area contributed by atoms with E-state index in [1.54, 1.807) is 25.3 Å². The van der Waals surface area contributed by atoms with E-state index in [0.717, 1.165) is 33.6 Å². The largest absolute Gasteiger partial charge is 0.311 e. The lowest BCUT2D eigenvalue weighted by molar-refractivity contribution is 1.05. The highest BCUT2D eigenvalue weighted by atomic mass is 28.3. The number of fused-ring (bicyclic) bond motifs is 4. The molecular weight excluding hydrogens is 721 g/mol. The van der Waals surface area contributed by atoms with E-state index in [4.69, 9.17) is 19.9 Å². The fraction of sp³-hybridized carbons (Fsp3) is 0.0870. The summed E-state index contributed by atoms with van der Waals surface area (Å²) < 4.78 is 0. The Labute approximate surface area is 328 Å². The third kappa shape index (κ3) is 5.24. The Morgan fingerprint density at radius 2 is 0.661 bits per heavy atom. The Morgan fingerprint density at radius 3 is 0.982 bits per heavy atom. The molecule has 270 valence electrons. The number of aromatic nitrogens is 6. The van der Waals surface area contributed by atoms with Crippen LogP contribution in [0.2, 0.25) is 26.2 Å². The Kier molecular flexibility index (Phi) is 7.87. The molecule has 0 amide bonds. The normalized spacial score (nSPS) is 14.6. The summed E-state index contributed by atoms with van der Waals surface area (Å²) in [5, 5.41) is 5.63. The van der Waals surface area contributed by atoms with Crippen LogP contribution in [-0.2, 0) is 0 Å². The summed E-state index contributed by atoms with van der Waals surface area (Å²) in [6.07, 6.45) is 6.24. The van der Waals surface area contributed by atoms with E-state index in [1.165, 1.54) is 43.5 Å². The second-order valence-corrected chi connectivity index (χ2v) is 24.0. The van der Waals surface area contributed by atoms with Crippen LogP contribution >= 0.6 is 0 Å². The summed E-state index contributed by atoms with van der Waals surface area (Å²) in [5.74, 6) is 1.17. The maximum atomic E-state index is 4.71. The monoisotopic (exact) mass is 758 g/mol. The van der Waals surface area contributed by atoms with E-state index < -0.39 is 16.1 Å². The maximum absolute atomic E-state index is 4.71. The molecule has 0 spiro atoms. The van der Waals surface area contributed by atoms with Crippen LogP contribution < -0.4 is 30.5 Å². The summed E-state index contributed by atoms with van der Waals surface area (Å²) in [6, 6.07) is 48.6. The van der Waals surface area contributed by atoms with E-state index >= 15 is 0 Å². The first-order chi connectivity index (χ1) is 27.3. The molecule has 8 nitrogen and oxygen atoms in total. The van der Waals surface area contributed by atoms with Gasteiger partial charge in [0.2, 0.25) is 0 Å². The Bertz CT molecular complexity index is 2500. The molecule has 56 heavy (non-hydrogen) atoms. The first-order valence-corrected chi connectivity index (χ1v) is 24.8. The molecule has 6 aromatic carbocycles. The maximum Gasteiger partial charge on any atom is 0.163 e. The highest BCUT2D eigenvalue weighted by Crippen LogP contribution is 2.45. The summed E-state index contributed by atoms with van der Waals surface area (Å²) in [5.41, 5.74) is 10.6. The van der Waals surface area contributed by atoms with Gasteiger partial charge in [-0.1, -0.05) is 111 Å². The van der Waals surface area contributed by atoms with Crippen molar-refractivity contribution in [1.82, 2.24) is 29.9 Å². The SMILES string of the molecule is C[Si]1(C)c2ccccc2N(c2ccc(-c3ccc(N4c5ccccc5[Si](C)(C)c5ccccc54)cc3-c3ncncn3)c(-c3ncncn3)c2)c2ccccc21. The van der Waals surface area contributed by atoms with Crippen molar-refractivity contribution in [3.8, 4) is 33.9 Å². The predicted octanol–water partition coefficient (Wildman–Crippen LogP) is 8.27. The third-order valence-corrected chi connectivity index (χ3v) is 18.6. The first kappa shape index (κ1) is 33.9. The average Bonchev–Trinajstić information content (AvgIpc) is 3.25. The molecular formula is C46H38N8Si2. The molecule has 8 aromatic rings. The molecule has 2 aromatic heterocycles. The van der Waals surface area contributed by atoms with Crippen molar-refractivity contribution in [2.45, 2.75) is 26.2 Å². The second kappa shape index (κ2) is 13.0. The van der Waals surface area contributed by atoms with Crippen molar-refractivity contribution < 1.29 is 0 Å². The minimum absolute atomic E-state index is 0.585. The molecule has 0 aliphatic carbocycles. The zero-order valence-electron chi connectivity index (χ0n) is 31.6. The summed E-state index contributed by atoms with van der Waals surface area (Å²) in [7, 11) is -3.92. The number of anilines is 6. The third-order valence-electron chi connectivity index (χ3n) is 11.6. The van der Waals surface area contributed by atoms with E-state index in [2.05, 4.69) is 179 Å². The van der Waals surface area contributed by atoms with Gasteiger partial charge in [0, 0.05) is 45.3 Å². The van der Waals surface area contributed by atoms with Crippen molar-refractivity contribution in [3.05, 3.63) is 159 Å². The molecule has 0 atom stereocenters. The summed E-state index contributed by atoms with van der Waals surface area (Å²) in [6.45, 7) is 9.77.